The zero-order chi connectivity index (χ0) is 20.9. The minimum absolute atomic E-state index is 0.0195. The number of nitrogens with zero attached hydrogens (tertiary/aromatic N) is 1. The van der Waals surface area contributed by atoms with Gasteiger partial charge in [0.25, 0.3) is 0 Å². The van der Waals surface area contributed by atoms with Crippen molar-refractivity contribution in [1.82, 2.24) is 4.98 Å². The Morgan fingerprint density at radius 1 is 0.935 bits per heavy atom. The van der Waals surface area contributed by atoms with Crippen molar-refractivity contribution >= 4 is 51.9 Å². The molecule has 7 atom stereocenters. The van der Waals surface area contributed by atoms with E-state index in [9.17, 15) is 14.4 Å². The van der Waals surface area contributed by atoms with E-state index in [-0.39, 0.29) is 57.4 Å². The first kappa shape index (κ1) is 18.4. The van der Waals surface area contributed by atoms with E-state index in [1.807, 2.05) is 30.3 Å². The number of fused-ring (bicyclic) bond motifs is 9. The number of nitrogens with one attached hydrogen (secondary N) is 1. The molecule has 8 heteroatoms. The standard InChI is InChI=1S/C23H18N2O3S3/c26-21-15-11-9-12(16(15)22(27)25(21)10-5-2-1-3-6-10)18-14(11)17(13-7-4-8-29-13)19-20(30-18)24-23(28)31-19/h1-8,11-12,14-18H,9H2,(H,24,28)/t11-,12-,14-,15+,16-,17-,18+/m1/s1. The van der Waals surface area contributed by atoms with Gasteiger partial charge in [-0.3, -0.25) is 19.3 Å². The number of thioether (sulfide) groups is 1. The zero-order valence-electron chi connectivity index (χ0n) is 16.3. The van der Waals surface area contributed by atoms with Crippen LogP contribution in [0.4, 0.5) is 5.69 Å². The number of aromatic amines is 1. The molecule has 4 aliphatic rings. The third-order valence-corrected chi connectivity index (χ3v) is 11.1. The fourth-order valence-electron chi connectivity index (χ4n) is 6.64. The van der Waals surface area contributed by atoms with Crippen LogP contribution in [0.1, 0.15) is 22.1 Å². The summed E-state index contributed by atoms with van der Waals surface area (Å²) in [4.78, 5) is 46.1. The Morgan fingerprint density at radius 3 is 2.45 bits per heavy atom. The molecule has 2 aliphatic carbocycles. The second-order valence-corrected chi connectivity index (χ2v) is 12.0. The summed E-state index contributed by atoms with van der Waals surface area (Å²) in [6, 6.07) is 13.5. The third-order valence-electron chi connectivity index (χ3n) is 7.59. The average molecular weight is 467 g/mol. The Labute approximate surface area is 190 Å². The first-order valence-electron chi connectivity index (χ1n) is 10.5. The number of hydrogen-bond donors (Lipinski definition) is 1. The van der Waals surface area contributed by atoms with Gasteiger partial charge in [0.2, 0.25) is 11.8 Å². The number of aromatic nitrogens is 1. The molecular formula is C23H18N2O3S3. The van der Waals surface area contributed by atoms with E-state index in [1.54, 1.807) is 23.1 Å². The number of thiophene rings is 1. The predicted molar refractivity (Wildman–Crippen MR) is 122 cm³/mol. The zero-order valence-corrected chi connectivity index (χ0v) is 18.7. The lowest BCUT2D eigenvalue weighted by Crippen LogP contribution is -2.42. The molecule has 1 aromatic carbocycles. The molecule has 5 nitrogen and oxygen atoms in total. The SMILES string of the molecule is O=C1[C@@H]2[C@H]3C[C@@H]([C@@H]2C(=O)N1c1ccccc1)[C@@H]1[C@@H](c2cccs2)c2sc(=O)[nH]c2S[C@@H]31. The summed E-state index contributed by atoms with van der Waals surface area (Å²) in [7, 11) is 0. The largest absolute Gasteiger partial charge is 0.307 e. The van der Waals surface area contributed by atoms with E-state index < -0.39 is 0 Å². The molecule has 156 valence electrons. The Hall–Kier alpha value is -2.16. The molecule has 3 aromatic rings. The summed E-state index contributed by atoms with van der Waals surface area (Å²) in [6.07, 6.45) is 0.929. The fourth-order valence-corrected chi connectivity index (χ4v) is 10.5. The van der Waals surface area contributed by atoms with Gasteiger partial charge in [-0.25, -0.2) is 0 Å². The van der Waals surface area contributed by atoms with Crippen molar-refractivity contribution in [1.29, 1.82) is 0 Å². The predicted octanol–water partition coefficient (Wildman–Crippen LogP) is 4.18. The van der Waals surface area contributed by atoms with Crippen molar-refractivity contribution in [2.24, 2.45) is 29.6 Å². The van der Waals surface area contributed by atoms with Gasteiger partial charge in [-0.15, -0.1) is 23.1 Å². The van der Waals surface area contributed by atoms with Crippen LogP contribution in [0.15, 0.2) is 57.7 Å². The highest BCUT2D eigenvalue weighted by Gasteiger charge is 2.69. The van der Waals surface area contributed by atoms with Crippen molar-refractivity contribution < 1.29 is 9.59 Å². The number of rotatable bonds is 2. The molecular weight excluding hydrogens is 448 g/mol. The number of benzene rings is 1. The van der Waals surface area contributed by atoms with Crippen molar-refractivity contribution in [2.45, 2.75) is 22.6 Å². The summed E-state index contributed by atoms with van der Waals surface area (Å²) < 4.78 is 0. The van der Waals surface area contributed by atoms with E-state index >= 15 is 0 Å². The molecule has 0 spiro atoms. The van der Waals surface area contributed by atoms with E-state index in [2.05, 4.69) is 22.5 Å². The maximum atomic E-state index is 13.6. The lowest BCUT2D eigenvalue weighted by Gasteiger charge is -2.42. The third kappa shape index (κ3) is 2.36. The Kier molecular flexibility index (Phi) is 3.82. The summed E-state index contributed by atoms with van der Waals surface area (Å²) in [5.74, 6) is 0.224. The topological polar surface area (TPSA) is 70.2 Å². The second-order valence-electron chi connectivity index (χ2n) is 8.82. The van der Waals surface area contributed by atoms with Gasteiger partial charge in [-0.2, -0.15) is 0 Å². The quantitative estimate of drug-likeness (QED) is 0.576. The van der Waals surface area contributed by atoms with Gasteiger partial charge >= 0.3 is 4.87 Å². The van der Waals surface area contributed by atoms with E-state index in [0.29, 0.717) is 5.69 Å². The van der Waals surface area contributed by atoms with Gasteiger partial charge in [-0.05, 0) is 47.8 Å². The molecule has 2 saturated carbocycles. The van der Waals surface area contributed by atoms with Crippen molar-refractivity contribution in [3.05, 3.63) is 67.3 Å². The van der Waals surface area contributed by atoms with Crippen LogP contribution in [-0.2, 0) is 9.59 Å². The highest BCUT2D eigenvalue weighted by molar-refractivity contribution is 8.00. The minimum atomic E-state index is -0.237. The van der Waals surface area contributed by atoms with Crippen LogP contribution in [0.5, 0.6) is 0 Å². The van der Waals surface area contributed by atoms with Crippen LogP contribution >= 0.6 is 34.4 Å². The molecule has 31 heavy (non-hydrogen) atoms. The Balaban J connectivity index is 1.34. The van der Waals surface area contributed by atoms with E-state index in [1.165, 1.54) is 21.1 Å². The first-order valence-corrected chi connectivity index (χ1v) is 13.1. The number of H-pyrrole nitrogens is 1. The number of carbonyl (C=O) groups is 2. The van der Waals surface area contributed by atoms with Gasteiger partial charge in [0.15, 0.2) is 0 Å². The lowest BCUT2D eigenvalue weighted by molar-refractivity contribution is -0.123. The number of thiazole rings is 1. The monoisotopic (exact) mass is 466 g/mol. The molecule has 0 radical (unpaired) electrons. The Bertz CT molecular complexity index is 1260. The second kappa shape index (κ2) is 6.43. The van der Waals surface area contributed by atoms with Crippen LogP contribution < -0.4 is 9.77 Å². The highest BCUT2D eigenvalue weighted by atomic mass is 32.2. The molecule has 2 bridgehead atoms. The van der Waals surface area contributed by atoms with Gasteiger partial charge < -0.3 is 4.98 Å². The maximum absolute atomic E-state index is 13.6. The molecule has 2 aromatic heterocycles. The van der Waals surface area contributed by atoms with Crippen LogP contribution in [0, 0.1) is 29.6 Å². The van der Waals surface area contributed by atoms with Crippen molar-refractivity contribution in [3.63, 3.8) is 0 Å². The van der Waals surface area contributed by atoms with Crippen LogP contribution in [0.25, 0.3) is 0 Å². The van der Waals surface area contributed by atoms with Gasteiger partial charge in [0.1, 0.15) is 0 Å². The molecule has 2 aliphatic heterocycles. The molecule has 3 fully saturated rings. The van der Waals surface area contributed by atoms with Gasteiger partial charge in [-0.1, -0.05) is 35.6 Å². The van der Waals surface area contributed by atoms with Crippen molar-refractivity contribution in [2.75, 3.05) is 4.90 Å². The molecule has 1 saturated heterocycles. The molecule has 0 unspecified atom stereocenters. The van der Waals surface area contributed by atoms with Crippen LogP contribution in [0.3, 0.4) is 0 Å². The van der Waals surface area contributed by atoms with Crippen molar-refractivity contribution in [3.8, 4) is 0 Å². The number of para-hydroxylation sites is 1. The Morgan fingerprint density at radius 2 is 1.71 bits per heavy atom. The lowest BCUT2D eigenvalue weighted by atomic mass is 9.69. The number of hydrogen-bond acceptors (Lipinski definition) is 6. The fraction of sp³-hybridized carbons (Fsp3) is 0.348. The molecule has 1 N–H and O–H groups in total. The maximum Gasteiger partial charge on any atom is 0.305 e. The number of anilines is 1. The molecule has 4 heterocycles. The first-order chi connectivity index (χ1) is 15.1. The van der Waals surface area contributed by atoms with Crippen LogP contribution in [0.2, 0.25) is 0 Å². The molecule has 7 rings (SSSR count). The summed E-state index contributed by atoms with van der Waals surface area (Å²) in [6.45, 7) is 0. The summed E-state index contributed by atoms with van der Waals surface area (Å²) in [5, 5.41) is 3.30. The number of carbonyl (C=O) groups excluding carboxylic acids is 2. The van der Waals surface area contributed by atoms with Gasteiger partial charge in [0, 0.05) is 20.9 Å². The normalized spacial score (nSPS) is 35.4. The van der Waals surface area contributed by atoms with Gasteiger partial charge in [0.05, 0.1) is 22.5 Å². The smallest absolute Gasteiger partial charge is 0.305 e. The summed E-state index contributed by atoms with van der Waals surface area (Å²) in [5.41, 5.74) is 0.681. The summed E-state index contributed by atoms with van der Waals surface area (Å²) >= 11 is 4.77. The molecule has 2 amide bonds. The highest BCUT2D eigenvalue weighted by Crippen LogP contribution is 2.68. The van der Waals surface area contributed by atoms with Crippen LogP contribution in [-0.4, -0.2) is 22.0 Å². The minimum Gasteiger partial charge on any atom is -0.307 e. The van der Waals surface area contributed by atoms with E-state index in [0.717, 1.165) is 16.3 Å². The average Bonchev–Trinajstić information content (AvgIpc) is 3.56. The van der Waals surface area contributed by atoms with E-state index in [4.69, 9.17) is 0 Å². The number of amides is 2. The number of imide groups is 1.